The Hall–Kier alpha value is -3.42. The highest BCUT2D eigenvalue weighted by molar-refractivity contribution is 5.81. The monoisotopic (exact) mass is 396 g/mol. The zero-order chi connectivity index (χ0) is 20.7. The summed E-state index contributed by atoms with van der Waals surface area (Å²) in [6, 6.07) is 7.65. The fraction of sp³-hybridized carbons (Fsp3) is 0.238. The van der Waals surface area contributed by atoms with Crippen molar-refractivity contribution in [3.8, 4) is 11.5 Å². The SMILES string of the molecule is Cc1cc2nc3c(=O)[nH]c(=O)nc-3n(CCCc3ccc(F)c(F)c3)c2cc1C. The molecule has 0 unspecified atom stereocenters. The summed E-state index contributed by atoms with van der Waals surface area (Å²) in [4.78, 5) is 34.6. The predicted molar refractivity (Wildman–Crippen MR) is 105 cm³/mol. The number of aromatic nitrogens is 4. The van der Waals surface area contributed by atoms with Crippen molar-refractivity contribution >= 4 is 11.0 Å². The average molecular weight is 396 g/mol. The molecular formula is C21H18F2N4O2. The first-order valence-corrected chi connectivity index (χ1v) is 9.19. The Morgan fingerprint density at radius 1 is 1.00 bits per heavy atom. The largest absolute Gasteiger partial charge is 0.349 e. The van der Waals surface area contributed by atoms with Gasteiger partial charge in [0.1, 0.15) is 0 Å². The van der Waals surface area contributed by atoms with Crippen LogP contribution in [0.1, 0.15) is 23.1 Å². The lowest BCUT2D eigenvalue weighted by Gasteiger charge is -2.17. The van der Waals surface area contributed by atoms with Crippen molar-refractivity contribution in [1.82, 2.24) is 19.5 Å². The molecule has 0 aromatic heterocycles. The van der Waals surface area contributed by atoms with Gasteiger partial charge in [-0.25, -0.2) is 18.6 Å². The number of H-pyrrole nitrogens is 1. The normalized spacial score (nSPS) is 11.4. The molecule has 4 rings (SSSR count). The van der Waals surface area contributed by atoms with Crippen LogP contribution in [0.5, 0.6) is 0 Å². The third-order valence-electron chi connectivity index (χ3n) is 5.06. The summed E-state index contributed by atoms with van der Waals surface area (Å²) >= 11 is 0. The first kappa shape index (κ1) is 18.9. The third-order valence-corrected chi connectivity index (χ3v) is 5.06. The zero-order valence-corrected chi connectivity index (χ0v) is 15.9. The molecule has 0 amide bonds. The van der Waals surface area contributed by atoms with E-state index in [-0.39, 0.29) is 11.5 Å². The number of fused-ring (bicyclic) bond motifs is 2. The topological polar surface area (TPSA) is 80.6 Å². The molecule has 0 saturated carbocycles. The van der Waals surface area contributed by atoms with Gasteiger partial charge in [-0.2, -0.15) is 4.98 Å². The molecule has 0 atom stereocenters. The van der Waals surface area contributed by atoms with Crippen molar-refractivity contribution in [2.45, 2.75) is 33.2 Å². The van der Waals surface area contributed by atoms with Gasteiger partial charge in [0.05, 0.1) is 11.0 Å². The Morgan fingerprint density at radius 2 is 1.76 bits per heavy atom. The van der Waals surface area contributed by atoms with Crippen LogP contribution in [-0.2, 0) is 13.0 Å². The van der Waals surface area contributed by atoms with Gasteiger partial charge in [-0.15, -0.1) is 0 Å². The maximum Gasteiger partial charge on any atom is 0.349 e. The minimum absolute atomic E-state index is 0.0909. The second kappa shape index (κ2) is 7.20. The minimum atomic E-state index is -0.884. The maximum atomic E-state index is 13.4. The van der Waals surface area contributed by atoms with Crippen LogP contribution in [0.4, 0.5) is 8.78 Å². The molecule has 8 heteroatoms. The van der Waals surface area contributed by atoms with Crippen LogP contribution in [-0.4, -0.2) is 19.5 Å². The summed E-state index contributed by atoms with van der Waals surface area (Å²) in [5, 5.41) is 0. The lowest BCUT2D eigenvalue weighted by atomic mass is 10.1. The van der Waals surface area contributed by atoms with Crippen molar-refractivity contribution in [2.75, 3.05) is 0 Å². The average Bonchev–Trinajstić information content (AvgIpc) is 2.66. The minimum Gasteiger partial charge on any atom is -0.322 e. The van der Waals surface area contributed by atoms with E-state index >= 15 is 0 Å². The molecule has 6 nitrogen and oxygen atoms in total. The first-order chi connectivity index (χ1) is 13.8. The number of hydrogen-bond acceptors (Lipinski definition) is 4. The van der Waals surface area contributed by atoms with Gasteiger partial charge >= 0.3 is 5.69 Å². The maximum absolute atomic E-state index is 13.4. The van der Waals surface area contributed by atoms with Crippen LogP contribution in [0.25, 0.3) is 22.6 Å². The molecule has 2 aromatic rings. The highest BCUT2D eigenvalue weighted by Crippen LogP contribution is 2.24. The summed E-state index contributed by atoms with van der Waals surface area (Å²) in [7, 11) is 0. The van der Waals surface area contributed by atoms with E-state index in [1.54, 1.807) is 4.57 Å². The summed E-state index contributed by atoms with van der Waals surface area (Å²) in [6.07, 6.45) is 1.06. The predicted octanol–water partition coefficient (Wildman–Crippen LogP) is 3.11. The highest BCUT2D eigenvalue weighted by atomic mass is 19.2. The second-order valence-corrected chi connectivity index (χ2v) is 7.08. The van der Waals surface area contributed by atoms with Gasteiger partial charge in [-0.1, -0.05) is 6.07 Å². The number of benzene rings is 2. The fourth-order valence-electron chi connectivity index (χ4n) is 3.41. The van der Waals surface area contributed by atoms with Crippen LogP contribution in [0.2, 0.25) is 0 Å². The van der Waals surface area contributed by atoms with Crippen molar-refractivity contribution in [3.63, 3.8) is 0 Å². The molecule has 2 heterocycles. The Bertz CT molecular complexity index is 1330. The summed E-state index contributed by atoms with van der Waals surface area (Å²) < 4.78 is 28.4. The molecule has 0 bridgehead atoms. The van der Waals surface area contributed by atoms with E-state index in [1.807, 2.05) is 26.0 Å². The zero-order valence-electron chi connectivity index (χ0n) is 15.9. The fourth-order valence-corrected chi connectivity index (χ4v) is 3.41. The molecule has 0 saturated heterocycles. The second-order valence-electron chi connectivity index (χ2n) is 7.08. The summed E-state index contributed by atoms with van der Waals surface area (Å²) in [5.74, 6) is -1.56. The van der Waals surface area contributed by atoms with Gasteiger partial charge in [0.25, 0.3) is 5.56 Å². The van der Waals surface area contributed by atoms with E-state index in [0.29, 0.717) is 30.5 Å². The van der Waals surface area contributed by atoms with E-state index in [9.17, 15) is 18.4 Å². The Labute approximate surface area is 164 Å². The molecule has 29 heavy (non-hydrogen) atoms. The number of aryl methyl sites for hydroxylation is 4. The molecule has 0 aliphatic carbocycles. The molecule has 0 radical (unpaired) electrons. The van der Waals surface area contributed by atoms with E-state index < -0.39 is 22.9 Å². The van der Waals surface area contributed by atoms with Crippen LogP contribution < -0.4 is 11.2 Å². The van der Waals surface area contributed by atoms with Crippen LogP contribution >= 0.6 is 0 Å². The molecule has 0 fully saturated rings. The summed E-state index contributed by atoms with van der Waals surface area (Å²) in [6.45, 7) is 4.35. The molecule has 2 aromatic carbocycles. The smallest absolute Gasteiger partial charge is 0.322 e. The van der Waals surface area contributed by atoms with Gasteiger partial charge in [0.15, 0.2) is 23.2 Å². The Kier molecular flexibility index (Phi) is 4.70. The Balaban J connectivity index is 1.79. The quantitative estimate of drug-likeness (QED) is 0.538. The number of rotatable bonds is 4. The number of aromatic amines is 1. The summed E-state index contributed by atoms with van der Waals surface area (Å²) in [5.41, 5.74) is 2.88. The number of halogens is 2. The van der Waals surface area contributed by atoms with Gasteiger partial charge in [0.2, 0.25) is 0 Å². The van der Waals surface area contributed by atoms with Crippen molar-refractivity contribution in [3.05, 3.63) is 79.5 Å². The van der Waals surface area contributed by atoms with Crippen molar-refractivity contribution in [1.29, 1.82) is 0 Å². The number of hydrogen-bond donors (Lipinski definition) is 1. The van der Waals surface area contributed by atoms with Gasteiger partial charge in [0, 0.05) is 6.54 Å². The molecule has 148 valence electrons. The lowest BCUT2D eigenvalue weighted by Crippen LogP contribution is -2.29. The molecule has 2 aliphatic rings. The van der Waals surface area contributed by atoms with Gasteiger partial charge in [-0.3, -0.25) is 9.78 Å². The van der Waals surface area contributed by atoms with Gasteiger partial charge in [-0.05, 0) is 67.6 Å². The first-order valence-electron chi connectivity index (χ1n) is 9.19. The van der Waals surface area contributed by atoms with E-state index in [0.717, 1.165) is 22.7 Å². The van der Waals surface area contributed by atoms with E-state index in [2.05, 4.69) is 15.0 Å². The highest BCUT2D eigenvalue weighted by Gasteiger charge is 2.19. The van der Waals surface area contributed by atoms with Crippen molar-refractivity contribution < 1.29 is 8.78 Å². The van der Waals surface area contributed by atoms with E-state index in [4.69, 9.17) is 0 Å². The molecular weight excluding hydrogens is 378 g/mol. The number of nitrogens with one attached hydrogen (secondary N) is 1. The van der Waals surface area contributed by atoms with Crippen LogP contribution in [0.15, 0.2) is 39.9 Å². The molecule has 0 spiro atoms. The number of nitrogens with zero attached hydrogens (tertiary/aromatic N) is 3. The van der Waals surface area contributed by atoms with Gasteiger partial charge < -0.3 is 4.57 Å². The van der Waals surface area contributed by atoms with Crippen molar-refractivity contribution in [2.24, 2.45) is 0 Å². The molecule has 2 aliphatic heterocycles. The Morgan fingerprint density at radius 3 is 2.52 bits per heavy atom. The lowest BCUT2D eigenvalue weighted by molar-refractivity contribution is 0.506. The third kappa shape index (κ3) is 3.53. The standard InChI is InChI=1S/C21H18F2N4O2/c1-11-8-16-17(9-12(11)2)27(19-18(24-16)20(28)26-21(29)25-19)7-3-4-13-5-6-14(22)15(23)10-13/h5-6,8-10H,3-4,7H2,1-2H3,(H,26,28,29). The van der Waals surface area contributed by atoms with Crippen LogP contribution in [0, 0.1) is 25.5 Å². The van der Waals surface area contributed by atoms with E-state index in [1.165, 1.54) is 12.1 Å². The van der Waals surface area contributed by atoms with Crippen LogP contribution in [0.3, 0.4) is 0 Å². The molecule has 1 N–H and O–H groups in total.